The van der Waals surface area contributed by atoms with E-state index in [1.54, 1.807) is 34.8 Å². The summed E-state index contributed by atoms with van der Waals surface area (Å²) in [6.45, 7) is 5.06. The molecule has 1 aliphatic heterocycles. The monoisotopic (exact) mass is 434 g/mol. The summed E-state index contributed by atoms with van der Waals surface area (Å²) in [5.74, 6) is -0.197. The summed E-state index contributed by atoms with van der Waals surface area (Å²) in [4.78, 5) is 29.3. The second-order valence-corrected chi connectivity index (χ2v) is 8.60. The molecule has 9 heteroatoms. The molecule has 3 heterocycles. The Morgan fingerprint density at radius 2 is 2.17 bits per heavy atom. The quantitative estimate of drug-likeness (QED) is 0.691. The van der Waals surface area contributed by atoms with Gasteiger partial charge in [0.1, 0.15) is 6.54 Å². The van der Waals surface area contributed by atoms with Gasteiger partial charge < -0.3 is 15.0 Å². The summed E-state index contributed by atoms with van der Waals surface area (Å²) in [6.07, 6.45) is 0.673. The van der Waals surface area contributed by atoms with Crippen molar-refractivity contribution in [2.75, 3.05) is 33.4 Å². The van der Waals surface area contributed by atoms with Gasteiger partial charge in [0.15, 0.2) is 0 Å². The minimum absolute atomic E-state index is 0.0443. The summed E-state index contributed by atoms with van der Waals surface area (Å²) in [7, 11) is 1.57. The van der Waals surface area contributed by atoms with Gasteiger partial charge in [-0.05, 0) is 42.3 Å². The molecule has 0 bridgehead atoms. The second-order valence-electron chi connectivity index (χ2n) is 6.70. The lowest BCUT2D eigenvalue weighted by Gasteiger charge is -2.26. The standard InChI is InChI=1S/C20H26N4O3S2/c1-4-21-20(26)23(8-9-27-3)13-18(25)24-16(19-14(2)7-11-29-19)12-15(22-24)17-6-5-10-28-17/h5-7,10-11,16H,4,8-9,12-13H2,1-3H3,(H,21,26). The molecule has 0 aliphatic carbocycles. The fraction of sp³-hybridized carbons (Fsp3) is 0.450. The summed E-state index contributed by atoms with van der Waals surface area (Å²) < 4.78 is 5.10. The third-order valence-electron chi connectivity index (χ3n) is 4.68. The van der Waals surface area contributed by atoms with E-state index >= 15 is 0 Å². The number of ether oxygens (including phenoxy) is 1. The van der Waals surface area contributed by atoms with E-state index in [0.717, 1.165) is 21.0 Å². The Balaban J connectivity index is 1.83. The van der Waals surface area contributed by atoms with Crippen LogP contribution < -0.4 is 5.32 Å². The molecule has 1 N–H and O–H groups in total. The molecule has 0 spiro atoms. The number of hydrogen-bond donors (Lipinski definition) is 1. The summed E-state index contributed by atoms with van der Waals surface area (Å²) in [5.41, 5.74) is 2.06. The first-order chi connectivity index (χ1) is 14.0. The molecule has 0 radical (unpaired) electrons. The minimum Gasteiger partial charge on any atom is -0.383 e. The Bertz CT molecular complexity index is 863. The Morgan fingerprint density at radius 3 is 2.79 bits per heavy atom. The Morgan fingerprint density at radius 1 is 1.34 bits per heavy atom. The van der Waals surface area contributed by atoms with Gasteiger partial charge in [0, 0.05) is 31.5 Å². The first-order valence-electron chi connectivity index (χ1n) is 9.54. The second kappa shape index (κ2) is 10.00. The van der Waals surface area contributed by atoms with Crippen LogP contribution in [-0.4, -0.2) is 60.9 Å². The number of amides is 3. The lowest BCUT2D eigenvalue weighted by molar-refractivity contribution is -0.133. The lowest BCUT2D eigenvalue weighted by Crippen LogP contribution is -2.47. The highest BCUT2D eigenvalue weighted by molar-refractivity contribution is 7.12. The molecule has 29 heavy (non-hydrogen) atoms. The van der Waals surface area contributed by atoms with Crippen LogP contribution in [0.25, 0.3) is 0 Å². The molecule has 0 fully saturated rings. The van der Waals surface area contributed by atoms with Crippen molar-refractivity contribution in [1.82, 2.24) is 15.2 Å². The molecule has 0 saturated heterocycles. The zero-order chi connectivity index (χ0) is 20.8. The van der Waals surface area contributed by atoms with Crippen molar-refractivity contribution in [3.05, 3.63) is 44.3 Å². The number of thiophene rings is 2. The van der Waals surface area contributed by atoms with Crippen molar-refractivity contribution in [3.63, 3.8) is 0 Å². The van der Waals surface area contributed by atoms with Gasteiger partial charge in [-0.2, -0.15) is 5.10 Å². The van der Waals surface area contributed by atoms with Gasteiger partial charge in [0.05, 0.1) is 23.2 Å². The number of methoxy groups -OCH3 is 1. The van der Waals surface area contributed by atoms with Crippen LogP contribution in [0.1, 0.15) is 34.7 Å². The molecule has 2 aromatic rings. The van der Waals surface area contributed by atoms with E-state index < -0.39 is 0 Å². The van der Waals surface area contributed by atoms with E-state index in [0.29, 0.717) is 26.1 Å². The molecule has 0 aromatic carbocycles. The smallest absolute Gasteiger partial charge is 0.317 e. The van der Waals surface area contributed by atoms with Crippen LogP contribution in [0, 0.1) is 6.92 Å². The van der Waals surface area contributed by atoms with E-state index in [1.807, 2.05) is 29.8 Å². The van der Waals surface area contributed by atoms with Crippen molar-refractivity contribution < 1.29 is 14.3 Å². The molecule has 3 amide bonds. The maximum absolute atomic E-state index is 13.2. The number of carbonyl (C=O) groups excluding carboxylic acids is 2. The van der Waals surface area contributed by atoms with Crippen molar-refractivity contribution >= 4 is 40.3 Å². The highest BCUT2D eigenvalue weighted by Crippen LogP contribution is 2.37. The van der Waals surface area contributed by atoms with Crippen LogP contribution in [0.4, 0.5) is 4.79 Å². The van der Waals surface area contributed by atoms with E-state index in [-0.39, 0.29) is 24.5 Å². The van der Waals surface area contributed by atoms with Crippen LogP contribution in [0.15, 0.2) is 34.1 Å². The molecule has 1 unspecified atom stereocenters. The highest BCUT2D eigenvalue weighted by atomic mass is 32.1. The predicted octanol–water partition coefficient (Wildman–Crippen LogP) is 3.47. The topological polar surface area (TPSA) is 74.2 Å². The van der Waals surface area contributed by atoms with E-state index in [9.17, 15) is 9.59 Å². The van der Waals surface area contributed by atoms with E-state index in [2.05, 4.69) is 23.4 Å². The number of carbonyl (C=O) groups is 2. The minimum atomic E-state index is -0.275. The molecule has 3 rings (SSSR count). The highest BCUT2D eigenvalue weighted by Gasteiger charge is 2.35. The summed E-state index contributed by atoms with van der Waals surface area (Å²) >= 11 is 3.26. The van der Waals surface area contributed by atoms with Gasteiger partial charge in [-0.25, -0.2) is 9.80 Å². The first kappa shape index (κ1) is 21.5. The largest absolute Gasteiger partial charge is 0.383 e. The van der Waals surface area contributed by atoms with Crippen LogP contribution in [0.5, 0.6) is 0 Å². The van der Waals surface area contributed by atoms with E-state index in [4.69, 9.17) is 4.74 Å². The Hall–Kier alpha value is -2.23. The summed E-state index contributed by atoms with van der Waals surface area (Å²) in [6, 6.07) is 5.65. The SMILES string of the molecule is CCNC(=O)N(CCOC)CC(=O)N1N=C(c2cccs2)CC1c1sccc1C. The fourth-order valence-corrected chi connectivity index (χ4v) is 4.95. The summed E-state index contributed by atoms with van der Waals surface area (Å²) in [5, 5.41) is 13.0. The number of hydrazone groups is 1. The third kappa shape index (κ3) is 5.04. The maximum Gasteiger partial charge on any atom is 0.317 e. The molecular formula is C20H26N4O3S2. The van der Waals surface area contributed by atoms with Crippen molar-refractivity contribution in [3.8, 4) is 0 Å². The van der Waals surface area contributed by atoms with Gasteiger partial charge in [-0.3, -0.25) is 4.79 Å². The molecule has 0 saturated carbocycles. The number of aryl methyl sites for hydroxylation is 1. The molecule has 7 nitrogen and oxygen atoms in total. The van der Waals surface area contributed by atoms with Gasteiger partial charge in [0.2, 0.25) is 0 Å². The van der Waals surface area contributed by atoms with Crippen molar-refractivity contribution in [1.29, 1.82) is 0 Å². The predicted molar refractivity (Wildman–Crippen MR) is 117 cm³/mol. The van der Waals surface area contributed by atoms with Crippen LogP contribution in [0.2, 0.25) is 0 Å². The molecule has 1 atom stereocenters. The molecule has 2 aromatic heterocycles. The molecule has 156 valence electrons. The number of urea groups is 1. The lowest BCUT2D eigenvalue weighted by atomic mass is 10.1. The Labute approximate surface area is 179 Å². The Kier molecular flexibility index (Phi) is 7.40. The van der Waals surface area contributed by atoms with Gasteiger partial charge in [0.25, 0.3) is 5.91 Å². The van der Waals surface area contributed by atoms with E-state index in [1.165, 1.54) is 4.90 Å². The van der Waals surface area contributed by atoms with Gasteiger partial charge >= 0.3 is 6.03 Å². The third-order valence-corrected chi connectivity index (χ3v) is 6.72. The first-order valence-corrected chi connectivity index (χ1v) is 11.3. The van der Waals surface area contributed by atoms with Crippen molar-refractivity contribution in [2.24, 2.45) is 5.10 Å². The average Bonchev–Trinajstić information content (AvgIpc) is 3.44. The number of hydrogen-bond acceptors (Lipinski definition) is 6. The van der Waals surface area contributed by atoms with Crippen LogP contribution >= 0.6 is 22.7 Å². The number of nitrogens with one attached hydrogen (secondary N) is 1. The number of nitrogens with zero attached hydrogens (tertiary/aromatic N) is 3. The van der Waals surface area contributed by atoms with Crippen LogP contribution in [0.3, 0.4) is 0 Å². The number of rotatable bonds is 8. The zero-order valence-corrected chi connectivity index (χ0v) is 18.5. The normalized spacial score (nSPS) is 16.0. The fourth-order valence-electron chi connectivity index (χ4n) is 3.21. The van der Waals surface area contributed by atoms with Crippen LogP contribution in [-0.2, 0) is 9.53 Å². The van der Waals surface area contributed by atoms with Gasteiger partial charge in [-0.15, -0.1) is 22.7 Å². The zero-order valence-electron chi connectivity index (χ0n) is 16.9. The average molecular weight is 435 g/mol. The maximum atomic E-state index is 13.2. The molecular weight excluding hydrogens is 408 g/mol. The van der Waals surface area contributed by atoms with Crippen molar-refractivity contribution in [2.45, 2.75) is 26.3 Å². The molecule has 1 aliphatic rings. The van der Waals surface area contributed by atoms with Gasteiger partial charge in [-0.1, -0.05) is 6.07 Å².